The van der Waals surface area contributed by atoms with Gasteiger partial charge in [-0.3, -0.25) is 10.1 Å². The molecule has 0 aliphatic heterocycles. The molecule has 1 N–H and O–H groups in total. The average Bonchev–Trinajstić information content (AvgIpc) is 3.30. The monoisotopic (exact) mass is 294 g/mol. The summed E-state index contributed by atoms with van der Waals surface area (Å²) in [4.78, 5) is 10.5. The fourth-order valence-electron chi connectivity index (χ4n) is 2.05. The van der Waals surface area contributed by atoms with Gasteiger partial charge in [-0.1, -0.05) is 6.07 Å². The van der Waals surface area contributed by atoms with E-state index in [9.17, 15) is 10.1 Å². The highest BCUT2D eigenvalue weighted by molar-refractivity contribution is 5.48. The van der Waals surface area contributed by atoms with Crippen molar-refractivity contribution < 1.29 is 14.4 Å². The first kappa shape index (κ1) is 15.7. The number of ether oxygens (including phenoxy) is 2. The largest absolute Gasteiger partial charge is 0.490 e. The lowest BCUT2D eigenvalue weighted by molar-refractivity contribution is -0.385. The van der Waals surface area contributed by atoms with Crippen LogP contribution in [-0.2, 0) is 11.3 Å². The first-order valence-corrected chi connectivity index (χ1v) is 7.30. The zero-order valence-electron chi connectivity index (χ0n) is 12.3. The molecule has 0 amide bonds. The predicted octanol–water partition coefficient (Wildman–Crippen LogP) is 2.51. The van der Waals surface area contributed by atoms with Gasteiger partial charge in [0.2, 0.25) is 0 Å². The van der Waals surface area contributed by atoms with Crippen LogP contribution in [0.25, 0.3) is 0 Å². The van der Waals surface area contributed by atoms with E-state index < -0.39 is 4.92 Å². The summed E-state index contributed by atoms with van der Waals surface area (Å²) in [5.74, 6) is 1.09. The van der Waals surface area contributed by atoms with Crippen LogP contribution in [0.5, 0.6) is 5.75 Å². The maximum atomic E-state index is 10.9. The smallest absolute Gasteiger partial charge is 0.311 e. The van der Waals surface area contributed by atoms with E-state index in [4.69, 9.17) is 9.47 Å². The Hall–Kier alpha value is -1.66. The van der Waals surface area contributed by atoms with Gasteiger partial charge in [-0.25, -0.2) is 0 Å². The quantitative estimate of drug-likeness (QED) is 0.408. The number of hydrogen-bond acceptors (Lipinski definition) is 5. The molecular formula is C15H22N2O4. The third kappa shape index (κ3) is 5.32. The summed E-state index contributed by atoms with van der Waals surface area (Å²) in [6.45, 7) is 3.11. The van der Waals surface area contributed by atoms with Crippen molar-refractivity contribution in [3.63, 3.8) is 0 Å². The van der Waals surface area contributed by atoms with E-state index in [1.54, 1.807) is 12.1 Å². The summed E-state index contributed by atoms with van der Waals surface area (Å²) in [5, 5.41) is 14.2. The molecule has 0 radical (unpaired) electrons. The van der Waals surface area contributed by atoms with E-state index in [1.165, 1.54) is 20.0 Å². The molecule has 0 unspecified atom stereocenters. The molecule has 2 rings (SSSR count). The third-order valence-electron chi connectivity index (χ3n) is 3.46. The van der Waals surface area contributed by atoms with Gasteiger partial charge < -0.3 is 14.8 Å². The van der Waals surface area contributed by atoms with Gasteiger partial charge in [0.25, 0.3) is 0 Å². The van der Waals surface area contributed by atoms with Crippen LogP contribution in [0.2, 0.25) is 0 Å². The molecule has 0 bridgehead atoms. The Bertz CT molecular complexity index is 475. The Morgan fingerprint density at radius 1 is 1.43 bits per heavy atom. The molecule has 0 aromatic heterocycles. The fraction of sp³-hybridized carbons (Fsp3) is 0.600. The zero-order valence-corrected chi connectivity index (χ0v) is 12.3. The van der Waals surface area contributed by atoms with Gasteiger partial charge in [-0.15, -0.1) is 0 Å². The van der Waals surface area contributed by atoms with Gasteiger partial charge in [0, 0.05) is 25.8 Å². The van der Waals surface area contributed by atoms with Crippen LogP contribution in [0, 0.1) is 16.0 Å². The highest BCUT2D eigenvalue weighted by atomic mass is 16.6. The van der Waals surface area contributed by atoms with Gasteiger partial charge in [0.15, 0.2) is 5.75 Å². The van der Waals surface area contributed by atoms with Crippen molar-refractivity contribution in [1.29, 1.82) is 0 Å². The van der Waals surface area contributed by atoms with Gasteiger partial charge in [0.05, 0.1) is 12.0 Å². The molecule has 6 nitrogen and oxygen atoms in total. The first-order valence-electron chi connectivity index (χ1n) is 7.30. The molecule has 0 atom stereocenters. The lowest BCUT2D eigenvalue weighted by Crippen LogP contribution is -2.16. The summed E-state index contributed by atoms with van der Waals surface area (Å²) in [6.07, 6.45) is 3.58. The number of rotatable bonds is 10. The van der Waals surface area contributed by atoms with Crippen molar-refractivity contribution in [3.8, 4) is 5.75 Å². The molecule has 1 fully saturated rings. The summed E-state index contributed by atoms with van der Waals surface area (Å²) in [5.41, 5.74) is 0.881. The Kier molecular flexibility index (Phi) is 5.95. The second-order valence-corrected chi connectivity index (χ2v) is 5.31. The zero-order chi connectivity index (χ0) is 15.1. The van der Waals surface area contributed by atoms with Gasteiger partial charge in [-0.05, 0) is 43.4 Å². The minimum absolute atomic E-state index is 0.00423. The van der Waals surface area contributed by atoms with Crippen molar-refractivity contribution in [1.82, 2.24) is 5.32 Å². The molecule has 1 aliphatic carbocycles. The molecule has 116 valence electrons. The molecule has 0 spiro atoms. The van der Waals surface area contributed by atoms with E-state index in [-0.39, 0.29) is 11.4 Å². The van der Waals surface area contributed by atoms with Gasteiger partial charge in [-0.2, -0.15) is 0 Å². The van der Waals surface area contributed by atoms with Gasteiger partial charge in [0.1, 0.15) is 0 Å². The summed E-state index contributed by atoms with van der Waals surface area (Å²) in [6, 6.07) is 5.02. The Morgan fingerprint density at radius 2 is 2.24 bits per heavy atom. The molecular weight excluding hydrogens is 272 g/mol. The number of nitrogens with zero attached hydrogens (tertiary/aromatic N) is 1. The number of benzene rings is 1. The molecule has 1 aromatic carbocycles. The molecule has 1 aliphatic rings. The van der Waals surface area contributed by atoms with Crippen LogP contribution < -0.4 is 10.1 Å². The van der Waals surface area contributed by atoms with Crippen LogP contribution >= 0.6 is 0 Å². The van der Waals surface area contributed by atoms with Crippen molar-refractivity contribution in [3.05, 3.63) is 33.9 Å². The fourth-order valence-corrected chi connectivity index (χ4v) is 2.05. The third-order valence-corrected chi connectivity index (χ3v) is 3.46. The summed E-state index contributed by atoms with van der Waals surface area (Å²) in [7, 11) is 1.43. The molecule has 1 saturated carbocycles. The van der Waals surface area contributed by atoms with Crippen LogP contribution in [0.4, 0.5) is 5.69 Å². The molecule has 0 saturated heterocycles. The normalized spacial score (nSPS) is 14.1. The minimum Gasteiger partial charge on any atom is -0.490 e. The van der Waals surface area contributed by atoms with Gasteiger partial charge >= 0.3 is 5.69 Å². The standard InChI is InChI=1S/C15H22N2O4/c1-20-15-6-5-13(9-14(15)17(18)19)10-16-7-2-8-21-11-12-3-4-12/h5-6,9,12,16H,2-4,7-8,10-11H2,1H3. The van der Waals surface area contributed by atoms with Crippen molar-refractivity contribution in [2.24, 2.45) is 5.92 Å². The molecule has 0 heterocycles. The average molecular weight is 294 g/mol. The SMILES string of the molecule is COc1ccc(CNCCCOCC2CC2)cc1[N+](=O)[O-]. The minimum atomic E-state index is -0.423. The lowest BCUT2D eigenvalue weighted by atomic mass is 10.2. The van der Waals surface area contributed by atoms with Crippen LogP contribution in [0.1, 0.15) is 24.8 Å². The van der Waals surface area contributed by atoms with Crippen molar-refractivity contribution >= 4 is 5.69 Å². The van der Waals surface area contributed by atoms with Crippen LogP contribution in [0.3, 0.4) is 0 Å². The Morgan fingerprint density at radius 3 is 2.90 bits per heavy atom. The number of nitro benzene ring substituents is 1. The molecule has 6 heteroatoms. The number of hydrogen-bond donors (Lipinski definition) is 1. The second-order valence-electron chi connectivity index (χ2n) is 5.31. The summed E-state index contributed by atoms with van der Waals surface area (Å²) >= 11 is 0. The Balaban J connectivity index is 1.67. The topological polar surface area (TPSA) is 73.6 Å². The maximum Gasteiger partial charge on any atom is 0.311 e. The molecule has 1 aromatic rings. The van der Waals surface area contributed by atoms with E-state index in [0.717, 1.165) is 37.7 Å². The van der Waals surface area contributed by atoms with Crippen molar-refractivity contribution in [2.45, 2.75) is 25.8 Å². The van der Waals surface area contributed by atoms with E-state index in [2.05, 4.69) is 5.32 Å². The maximum absolute atomic E-state index is 10.9. The predicted molar refractivity (Wildman–Crippen MR) is 79.5 cm³/mol. The highest BCUT2D eigenvalue weighted by Gasteiger charge is 2.20. The first-order chi connectivity index (χ1) is 10.2. The van der Waals surface area contributed by atoms with E-state index in [1.807, 2.05) is 6.07 Å². The number of nitro groups is 1. The number of methoxy groups -OCH3 is 1. The number of nitrogens with one attached hydrogen (secondary N) is 1. The van der Waals surface area contributed by atoms with E-state index in [0.29, 0.717) is 6.54 Å². The lowest BCUT2D eigenvalue weighted by Gasteiger charge is -2.07. The van der Waals surface area contributed by atoms with Crippen LogP contribution in [0.15, 0.2) is 18.2 Å². The van der Waals surface area contributed by atoms with E-state index >= 15 is 0 Å². The molecule has 21 heavy (non-hydrogen) atoms. The highest BCUT2D eigenvalue weighted by Crippen LogP contribution is 2.29. The summed E-state index contributed by atoms with van der Waals surface area (Å²) < 4.78 is 10.5. The van der Waals surface area contributed by atoms with Crippen molar-refractivity contribution in [2.75, 3.05) is 26.9 Å². The second kappa shape index (κ2) is 7.95. The van der Waals surface area contributed by atoms with Crippen LogP contribution in [-0.4, -0.2) is 31.8 Å². The Labute approximate surface area is 124 Å².